The standard InChI is InChI=1S/C20H18N4O2/c1-2-6-17(25)22-13-9-14-18-15(11-21-24-20(14)26)19(23-16(18)10-13)12-7-4-3-5-8-12/h3-5,7-11,23H,2,6H2,1H3,(H,22,25)(H,24,26). The zero-order valence-corrected chi connectivity index (χ0v) is 14.3. The molecule has 0 saturated carbocycles. The summed E-state index contributed by atoms with van der Waals surface area (Å²) in [5, 5.41) is 7.70. The van der Waals surface area contributed by atoms with Gasteiger partial charge >= 0.3 is 0 Å². The number of hydrazone groups is 1. The summed E-state index contributed by atoms with van der Waals surface area (Å²) in [5.41, 5.74) is 7.13. The fourth-order valence-corrected chi connectivity index (χ4v) is 3.24. The maximum absolute atomic E-state index is 12.5. The molecule has 0 spiro atoms. The van der Waals surface area contributed by atoms with Crippen LogP contribution in [0.3, 0.4) is 0 Å². The molecule has 26 heavy (non-hydrogen) atoms. The Hall–Kier alpha value is -3.41. The normalized spacial score (nSPS) is 12.7. The molecule has 0 unspecified atom stereocenters. The topological polar surface area (TPSA) is 86.3 Å². The van der Waals surface area contributed by atoms with E-state index in [1.807, 2.05) is 43.3 Å². The second-order valence-corrected chi connectivity index (χ2v) is 6.22. The van der Waals surface area contributed by atoms with Crippen LogP contribution in [0.15, 0.2) is 47.6 Å². The number of benzene rings is 2. The third kappa shape index (κ3) is 2.75. The number of nitrogens with zero attached hydrogens (tertiary/aromatic N) is 1. The molecule has 0 radical (unpaired) electrons. The zero-order chi connectivity index (χ0) is 18.1. The van der Waals surface area contributed by atoms with E-state index in [1.165, 1.54) is 0 Å². The molecular weight excluding hydrogens is 328 g/mol. The average Bonchev–Trinajstić information content (AvgIpc) is 2.91. The maximum Gasteiger partial charge on any atom is 0.272 e. The molecule has 1 aliphatic heterocycles. The van der Waals surface area contributed by atoms with Gasteiger partial charge in [0, 0.05) is 28.6 Å². The van der Waals surface area contributed by atoms with Gasteiger partial charge in [0.1, 0.15) is 0 Å². The quantitative estimate of drug-likeness (QED) is 0.673. The van der Waals surface area contributed by atoms with Gasteiger partial charge in [-0.15, -0.1) is 0 Å². The highest BCUT2D eigenvalue weighted by atomic mass is 16.2. The first kappa shape index (κ1) is 16.1. The van der Waals surface area contributed by atoms with E-state index in [9.17, 15) is 9.59 Å². The largest absolute Gasteiger partial charge is 0.354 e. The molecule has 0 aliphatic carbocycles. The molecule has 0 fully saturated rings. The van der Waals surface area contributed by atoms with Gasteiger partial charge in [0.05, 0.1) is 17.5 Å². The number of aromatic amines is 1. The van der Waals surface area contributed by atoms with Gasteiger partial charge in [0.15, 0.2) is 0 Å². The van der Waals surface area contributed by atoms with Gasteiger partial charge in [0.25, 0.3) is 5.91 Å². The summed E-state index contributed by atoms with van der Waals surface area (Å²) in [6.45, 7) is 1.95. The van der Waals surface area contributed by atoms with Crippen molar-refractivity contribution in [1.82, 2.24) is 10.4 Å². The van der Waals surface area contributed by atoms with Gasteiger partial charge in [-0.05, 0) is 24.1 Å². The van der Waals surface area contributed by atoms with Gasteiger partial charge in [-0.25, -0.2) is 5.43 Å². The van der Waals surface area contributed by atoms with Crippen molar-refractivity contribution in [2.24, 2.45) is 5.10 Å². The summed E-state index contributed by atoms with van der Waals surface area (Å²) >= 11 is 0. The number of nitrogens with one attached hydrogen (secondary N) is 3. The summed E-state index contributed by atoms with van der Waals surface area (Å²) in [6, 6.07) is 13.4. The zero-order valence-electron chi connectivity index (χ0n) is 14.3. The van der Waals surface area contributed by atoms with Gasteiger partial charge in [-0.1, -0.05) is 37.3 Å². The molecule has 0 atom stereocenters. The van der Waals surface area contributed by atoms with Crippen LogP contribution in [0.5, 0.6) is 0 Å². The lowest BCUT2D eigenvalue weighted by Crippen LogP contribution is -2.17. The van der Waals surface area contributed by atoms with Crippen LogP contribution in [0, 0.1) is 0 Å². The van der Waals surface area contributed by atoms with Crippen LogP contribution in [-0.2, 0) is 4.79 Å². The Labute approximate surface area is 150 Å². The Kier molecular flexibility index (Phi) is 4.01. The van der Waals surface area contributed by atoms with Crippen LogP contribution in [0.4, 0.5) is 5.69 Å². The minimum Gasteiger partial charge on any atom is -0.354 e. The number of rotatable bonds is 4. The molecule has 1 aromatic heterocycles. The number of amides is 2. The van der Waals surface area contributed by atoms with Crippen LogP contribution in [0.1, 0.15) is 35.7 Å². The van der Waals surface area contributed by atoms with E-state index in [-0.39, 0.29) is 11.8 Å². The van der Waals surface area contributed by atoms with Crippen molar-refractivity contribution in [3.63, 3.8) is 0 Å². The highest BCUT2D eigenvalue weighted by Gasteiger charge is 2.22. The van der Waals surface area contributed by atoms with Crippen LogP contribution in [0.25, 0.3) is 22.2 Å². The van der Waals surface area contributed by atoms with Gasteiger partial charge < -0.3 is 10.3 Å². The van der Waals surface area contributed by atoms with Crippen molar-refractivity contribution >= 4 is 34.6 Å². The highest BCUT2D eigenvalue weighted by molar-refractivity contribution is 6.18. The molecule has 1 aliphatic rings. The van der Waals surface area contributed by atoms with Crippen molar-refractivity contribution in [3.05, 3.63) is 53.6 Å². The number of anilines is 1. The first-order chi connectivity index (χ1) is 12.7. The second kappa shape index (κ2) is 6.48. The van der Waals surface area contributed by atoms with Gasteiger partial charge in [-0.3, -0.25) is 9.59 Å². The fraction of sp³-hybridized carbons (Fsp3) is 0.150. The lowest BCUT2D eigenvalue weighted by atomic mass is 10.0. The van der Waals surface area contributed by atoms with Crippen molar-refractivity contribution in [2.75, 3.05) is 5.32 Å². The van der Waals surface area contributed by atoms with E-state index < -0.39 is 0 Å². The number of H-pyrrole nitrogens is 1. The number of hydrogen-bond donors (Lipinski definition) is 3. The molecule has 130 valence electrons. The summed E-state index contributed by atoms with van der Waals surface area (Å²) in [5.74, 6) is -0.366. The molecule has 3 N–H and O–H groups in total. The van der Waals surface area contributed by atoms with Crippen molar-refractivity contribution in [3.8, 4) is 11.3 Å². The Morgan fingerprint density at radius 2 is 2.00 bits per heavy atom. The van der Waals surface area contributed by atoms with Gasteiger partial charge in [0.2, 0.25) is 5.91 Å². The van der Waals surface area contributed by atoms with E-state index in [0.29, 0.717) is 17.7 Å². The van der Waals surface area contributed by atoms with Gasteiger partial charge in [-0.2, -0.15) is 5.10 Å². The molecule has 4 rings (SSSR count). The van der Waals surface area contributed by atoms with Crippen LogP contribution in [-0.4, -0.2) is 23.0 Å². The maximum atomic E-state index is 12.5. The molecule has 0 bridgehead atoms. The fourth-order valence-electron chi connectivity index (χ4n) is 3.24. The predicted octanol–water partition coefficient (Wildman–Crippen LogP) is 3.65. The van der Waals surface area contributed by atoms with Crippen LogP contribution < -0.4 is 10.7 Å². The first-order valence-corrected chi connectivity index (χ1v) is 8.55. The highest BCUT2D eigenvalue weighted by Crippen LogP contribution is 2.34. The Bertz CT molecular complexity index is 1030. The Morgan fingerprint density at radius 1 is 1.19 bits per heavy atom. The molecule has 3 aromatic rings. The second-order valence-electron chi connectivity index (χ2n) is 6.22. The van der Waals surface area contributed by atoms with Crippen LogP contribution in [0.2, 0.25) is 0 Å². The molecule has 6 nitrogen and oxygen atoms in total. The third-order valence-corrected chi connectivity index (χ3v) is 4.36. The molecular formula is C20H18N4O2. The Balaban J connectivity index is 1.91. The number of hydrogen-bond acceptors (Lipinski definition) is 3. The first-order valence-electron chi connectivity index (χ1n) is 8.55. The Morgan fingerprint density at radius 3 is 2.77 bits per heavy atom. The number of carbonyl (C=O) groups is 2. The number of carbonyl (C=O) groups excluding carboxylic acids is 2. The summed E-state index contributed by atoms with van der Waals surface area (Å²) < 4.78 is 0. The van der Waals surface area contributed by atoms with E-state index in [4.69, 9.17) is 0 Å². The smallest absolute Gasteiger partial charge is 0.272 e. The van der Waals surface area contributed by atoms with Crippen molar-refractivity contribution in [1.29, 1.82) is 0 Å². The van der Waals surface area contributed by atoms with Crippen molar-refractivity contribution in [2.45, 2.75) is 19.8 Å². The molecule has 6 heteroatoms. The summed E-state index contributed by atoms with van der Waals surface area (Å²) in [6.07, 6.45) is 2.86. The van der Waals surface area contributed by atoms with E-state index in [0.717, 1.165) is 34.1 Å². The molecule has 0 saturated heterocycles. The lowest BCUT2D eigenvalue weighted by molar-refractivity contribution is -0.116. The molecule has 2 amide bonds. The molecule has 2 aromatic carbocycles. The van der Waals surface area contributed by atoms with E-state index in [2.05, 4.69) is 20.8 Å². The monoisotopic (exact) mass is 346 g/mol. The minimum absolute atomic E-state index is 0.0700. The summed E-state index contributed by atoms with van der Waals surface area (Å²) in [4.78, 5) is 27.8. The summed E-state index contributed by atoms with van der Waals surface area (Å²) in [7, 11) is 0. The average molecular weight is 346 g/mol. The van der Waals surface area contributed by atoms with Crippen molar-refractivity contribution < 1.29 is 9.59 Å². The SMILES string of the molecule is CCCC(=O)Nc1cc2c3c(c(-c4ccccc4)[nH]c3c1)C=NNC2=O. The van der Waals surface area contributed by atoms with E-state index >= 15 is 0 Å². The molecule has 2 heterocycles. The third-order valence-electron chi connectivity index (χ3n) is 4.36. The van der Waals surface area contributed by atoms with Crippen LogP contribution >= 0.6 is 0 Å². The minimum atomic E-state index is -0.296. The predicted molar refractivity (Wildman–Crippen MR) is 102 cm³/mol. The number of aromatic nitrogens is 1. The lowest BCUT2D eigenvalue weighted by Gasteiger charge is -2.08. The van der Waals surface area contributed by atoms with E-state index in [1.54, 1.807) is 12.3 Å².